The molecule has 4 aromatic carbocycles. The maximum Gasteiger partial charge on any atom is 0.352 e. The van der Waals surface area contributed by atoms with Crippen LogP contribution in [0.5, 0.6) is 5.75 Å². The molecule has 0 radical (unpaired) electrons. The molecule has 0 aliphatic carbocycles. The number of nitrogens with zero attached hydrogens (tertiary/aromatic N) is 4. The summed E-state index contributed by atoms with van der Waals surface area (Å²) in [5, 5.41) is 23.1. The number of hydrogen-bond donors (Lipinski definition) is 3. The number of amides is 2. The predicted molar refractivity (Wildman–Crippen MR) is 222 cm³/mol. The number of rotatable bonds is 13. The van der Waals surface area contributed by atoms with Gasteiger partial charge in [-0.3, -0.25) is 19.3 Å². The van der Waals surface area contributed by atoms with Gasteiger partial charge in [0.1, 0.15) is 35.5 Å². The number of oxime groups is 1. The molecule has 2 aliphatic heterocycles. The Kier molecular flexibility index (Phi) is 10.8. The number of carboxylic acid groups (broad SMARTS) is 1. The van der Waals surface area contributed by atoms with Crippen molar-refractivity contribution in [1.29, 1.82) is 0 Å². The topological polar surface area (TPSA) is 188 Å². The van der Waals surface area contributed by atoms with E-state index in [2.05, 4.69) is 15.8 Å². The first-order valence-electron chi connectivity index (χ1n) is 18.3. The number of carbonyl (C=O) groups excluding carboxylic acids is 3. The predicted octanol–water partition coefficient (Wildman–Crippen LogP) is 5.23. The molecule has 59 heavy (non-hydrogen) atoms. The van der Waals surface area contributed by atoms with Crippen LogP contribution in [0.15, 0.2) is 143 Å². The van der Waals surface area contributed by atoms with Crippen LogP contribution in [0.2, 0.25) is 0 Å². The molecule has 298 valence electrons. The van der Waals surface area contributed by atoms with Crippen molar-refractivity contribution in [2.24, 2.45) is 5.16 Å². The summed E-state index contributed by atoms with van der Waals surface area (Å²) in [6.45, 7) is 1.33. The molecular formula is C43H36N6O8S2. The Labute approximate surface area is 344 Å². The number of ether oxygens (including phenoxy) is 1. The summed E-state index contributed by atoms with van der Waals surface area (Å²) >= 11 is -0.542. The summed E-state index contributed by atoms with van der Waals surface area (Å²) in [7, 11) is 1.27. The third kappa shape index (κ3) is 7.44. The Morgan fingerprint density at radius 1 is 0.949 bits per heavy atom. The third-order valence-electron chi connectivity index (χ3n) is 10.1. The minimum Gasteiger partial charge on any atom is -0.614 e. The number of β-lactam (4-membered cyclic amide) rings is 1. The number of anilines is 1. The first-order chi connectivity index (χ1) is 28.6. The smallest absolute Gasteiger partial charge is 0.352 e. The van der Waals surface area contributed by atoms with E-state index in [0.29, 0.717) is 10.9 Å². The number of thiazole rings is 1. The average molecular weight is 829 g/mol. The highest BCUT2D eigenvalue weighted by atomic mass is 32.2. The molecule has 4 heterocycles. The van der Waals surface area contributed by atoms with Crippen molar-refractivity contribution in [3.05, 3.63) is 161 Å². The van der Waals surface area contributed by atoms with E-state index in [9.17, 15) is 28.8 Å². The molecule has 6 aromatic rings. The maximum atomic E-state index is 13.9. The lowest BCUT2D eigenvalue weighted by Crippen LogP contribution is -2.75. The van der Waals surface area contributed by atoms with Gasteiger partial charge in [0.05, 0.1) is 6.54 Å². The molecule has 3 atom stereocenters. The molecule has 1 saturated heterocycles. The molecule has 14 nitrogen and oxygen atoms in total. The van der Waals surface area contributed by atoms with Gasteiger partial charge in [0.2, 0.25) is 5.37 Å². The van der Waals surface area contributed by atoms with E-state index in [1.54, 1.807) is 40.5 Å². The molecule has 16 heteroatoms. The first kappa shape index (κ1) is 39.1. The standard InChI is InChI=1S/C43H36N6O8S2/c1-26(50)57-33-19-18-27-21-48(22-28(27)20-33)23-29-25-59(55)40-36(39(52)49(40)37(29)41(53)54)45-38(51)35(47-56-2)34-24-58-42(44-34)46-43(30-12-6-3-7-13-30,31-14-8-4-9-15-31)32-16-10-5-11-17-32/h3-22,24,36,40H,23,25H2,1-2H3,(H,44,46)(H,45,51)(H,53,54)/b47-35-/t36?,40-,59?/m1/s1. The largest absolute Gasteiger partial charge is 0.614 e. The second-order valence-electron chi connectivity index (χ2n) is 13.8. The molecule has 0 saturated carbocycles. The Bertz CT molecular complexity index is 2530. The van der Waals surface area contributed by atoms with Gasteiger partial charge in [0.25, 0.3) is 11.8 Å². The van der Waals surface area contributed by atoms with Gasteiger partial charge in [-0.2, -0.15) is 0 Å². The number of benzene rings is 4. The van der Waals surface area contributed by atoms with Crippen molar-refractivity contribution in [3.8, 4) is 5.75 Å². The molecular weight excluding hydrogens is 793 g/mol. The SMILES string of the molecule is CO/N=C(\C(=O)NC1C(=O)N2C(C(=O)O)=C(Cn3cc4ccc(OC(C)=O)cc4c3)C[S+]([O-])[C@H]12)c1csc(NC(c2ccccc2)(c2ccccc2)c2ccccc2)n1. The van der Waals surface area contributed by atoms with Gasteiger partial charge in [-0.25, -0.2) is 9.78 Å². The summed E-state index contributed by atoms with van der Waals surface area (Å²) in [4.78, 5) is 62.5. The van der Waals surface area contributed by atoms with Crippen LogP contribution in [0.1, 0.15) is 29.3 Å². The van der Waals surface area contributed by atoms with Crippen molar-refractivity contribution in [1.82, 2.24) is 19.8 Å². The van der Waals surface area contributed by atoms with Crippen molar-refractivity contribution in [3.63, 3.8) is 0 Å². The fourth-order valence-electron chi connectivity index (χ4n) is 7.58. The molecule has 2 amide bonds. The molecule has 3 N–H and O–H groups in total. The first-order valence-corrected chi connectivity index (χ1v) is 20.6. The fraction of sp³-hybridized carbons (Fsp3) is 0.163. The molecule has 2 aliphatic rings. The quantitative estimate of drug-likeness (QED) is 0.0265. The van der Waals surface area contributed by atoms with Gasteiger partial charge in [-0.15, -0.1) is 11.3 Å². The Hall–Kier alpha value is -6.75. The highest BCUT2D eigenvalue weighted by molar-refractivity contribution is 7.92. The lowest BCUT2D eigenvalue weighted by molar-refractivity contribution is -0.150. The van der Waals surface area contributed by atoms with Crippen LogP contribution < -0.4 is 15.4 Å². The van der Waals surface area contributed by atoms with Crippen LogP contribution in [0.3, 0.4) is 0 Å². The van der Waals surface area contributed by atoms with Crippen LogP contribution in [0.25, 0.3) is 10.8 Å². The second kappa shape index (κ2) is 16.2. The van der Waals surface area contributed by atoms with Gasteiger partial charge in [-0.1, -0.05) is 96.2 Å². The number of aliphatic carboxylic acids is 1. The molecule has 2 aromatic heterocycles. The minimum absolute atomic E-state index is 0.0312. The van der Waals surface area contributed by atoms with Crippen molar-refractivity contribution < 1.29 is 38.4 Å². The number of esters is 1. The molecule has 1 fully saturated rings. The van der Waals surface area contributed by atoms with Gasteiger partial charge in [0, 0.05) is 35.7 Å². The summed E-state index contributed by atoms with van der Waals surface area (Å²) < 4.78 is 20.6. The van der Waals surface area contributed by atoms with E-state index in [-0.39, 0.29) is 35.0 Å². The minimum atomic E-state index is -1.78. The average Bonchev–Trinajstić information content (AvgIpc) is 3.87. The molecule has 0 spiro atoms. The zero-order valence-corrected chi connectivity index (χ0v) is 33.2. The van der Waals surface area contributed by atoms with Gasteiger partial charge in [0.15, 0.2) is 16.9 Å². The number of carbonyl (C=O) groups is 4. The van der Waals surface area contributed by atoms with Crippen LogP contribution in [0.4, 0.5) is 5.13 Å². The van der Waals surface area contributed by atoms with E-state index >= 15 is 0 Å². The summed E-state index contributed by atoms with van der Waals surface area (Å²) in [5.41, 5.74) is 1.84. The van der Waals surface area contributed by atoms with Gasteiger partial charge >= 0.3 is 11.9 Å². The highest BCUT2D eigenvalue weighted by Crippen LogP contribution is 2.41. The molecule has 2 unspecified atom stereocenters. The lowest BCUT2D eigenvalue weighted by Gasteiger charge is -2.49. The second-order valence-corrected chi connectivity index (χ2v) is 16.2. The van der Waals surface area contributed by atoms with Gasteiger partial charge in [-0.05, 0) is 51.5 Å². The maximum absolute atomic E-state index is 13.9. The lowest BCUT2D eigenvalue weighted by atomic mass is 9.77. The number of aromatic nitrogens is 2. The zero-order valence-electron chi connectivity index (χ0n) is 31.6. The van der Waals surface area contributed by atoms with E-state index in [4.69, 9.17) is 14.6 Å². The zero-order chi connectivity index (χ0) is 41.3. The van der Waals surface area contributed by atoms with Gasteiger partial charge < -0.3 is 34.4 Å². The Morgan fingerprint density at radius 2 is 1.56 bits per heavy atom. The van der Waals surface area contributed by atoms with E-state index in [1.165, 1.54) is 25.4 Å². The highest BCUT2D eigenvalue weighted by Gasteiger charge is 2.61. The van der Waals surface area contributed by atoms with Crippen molar-refractivity contribution in [2.75, 3.05) is 18.2 Å². The van der Waals surface area contributed by atoms with E-state index in [1.807, 2.05) is 91.0 Å². The summed E-state index contributed by atoms with van der Waals surface area (Å²) in [6, 6.07) is 33.6. The Morgan fingerprint density at radius 3 is 2.14 bits per heavy atom. The Balaban J connectivity index is 1.04. The van der Waals surface area contributed by atoms with Crippen LogP contribution in [-0.4, -0.2) is 77.9 Å². The number of nitrogens with one attached hydrogen (secondary N) is 2. The van der Waals surface area contributed by atoms with Crippen LogP contribution in [0, 0.1) is 0 Å². The van der Waals surface area contributed by atoms with E-state index < -0.39 is 51.9 Å². The van der Waals surface area contributed by atoms with E-state index in [0.717, 1.165) is 32.4 Å². The number of hydrogen-bond acceptors (Lipinski definition) is 11. The third-order valence-corrected chi connectivity index (χ3v) is 12.5. The molecule has 0 bridgehead atoms. The monoisotopic (exact) mass is 828 g/mol. The fourth-order valence-corrected chi connectivity index (χ4v) is 10.0. The summed E-state index contributed by atoms with van der Waals surface area (Å²) in [6.07, 6.45) is 3.52. The summed E-state index contributed by atoms with van der Waals surface area (Å²) in [5.74, 6) is -3.18. The van der Waals surface area contributed by atoms with Crippen molar-refractivity contribution in [2.45, 2.75) is 30.4 Å². The number of fused-ring (bicyclic) bond motifs is 2. The number of carboxylic acids is 1. The van der Waals surface area contributed by atoms with Crippen LogP contribution in [-0.2, 0) is 47.3 Å². The molecule has 8 rings (SSSR count). The normalized spacial score (nSPS) is 17.9. The van der Waals surface area contributed by atoms with Crippen LogP contribution >= 0.6 is 11.3 Å². The van der Waals surface area contributed by atoms with Crippen molar-refractivity contribution >= 4 is 67.9 Å².